The Labute approximate surface area is 107 Å². The molecule has 18 heavy (non-hydrogen) atoms. The monoisotopic (exact) mass is 243 g/mol. The van der Waals surface area contributed by atoms with Gasteiger partial charge in [-0.05, 0) is 30.9 Å². The molecule has 2 aliphatic rings. The largest absolute Gasteiger partial charge is 0.387 e. The molecule has 1 saturated carbocycles. The van der Waals surface area contributed by atoms with Gasteiger partial charge in [0.2, 0.25) is 0 Å². The third kappa shape index (κ3) is 1.75. The van der Waals surface area contributed by atoms with Crippen LogP contribution in [0.4, 0.5) is 5.82 Å². The molecule has 4 heteroatoms. The van der Waals surface area contributed by atoms with E-state index in [1.54, 1.807) is 6.07 Å². The summed E-state index contributed by atoms with van der Waals surface area (Å²) in [6.45, 7) is 3.56. The summed E-state index contributed by atoms with van der Waals surface area (Å²) in [5, 5.41) is 19.6. The first-order chi connectivity index (χ1) is 8.63. The topological polar surface area (TPSA) is 60.2 Å². The lowest BCUT2D eigenvalue weighted by Gasteiger charge is -2.26. The second kappa shape index (κ2) is 3.96. The smallest absolute Gasteiger partial charge is 0.142 e. The van der Waals surface area contributed by atoms with Gasteiger partial charge in [-0.25, -0.2) is 4.98 Å². The van der Waals surface area contributed by atoms with Crippen molar-refractivity contribution in [1.82, 2.24) is 4.98 Å². The molecule has 1 N–H and O–H groups in total. The van der Waals surface area contributed by atoms with Crippen molar-refractivity contribution in [2.75, 3.05) is 18.0 Å². The SMILES string of the molecule is C[C@H]1CN(c2cccc(C#N)n2)C[C@]1(O)C1CC1. The fourth-order valence-electron chi connectivity index (χ4n) is 2.97. The molecule has 0 bridgehead atoms. The molecule has 2 fully saturated rings. The minimum atomic E-state index is -0.565. The van der Waals surface area contributed by atoms with Crippen LogP contribution in [0.3, 0.4) is 0 Å². The van der Waals surface area contributed by atoms with Crippen LogP contribution in [0.5, 0.6) is 0 Å². The Balaban J connectivity index is 1.84. The van der Waals surface area contributed by atoms with Gasteiger partial charge in [-0.15, -0.1) is 0 Å². The highest BCUT2D eigenvalue weighted by molar-refractivity contribution is 5.44. The number of rotatable bonds is 2. The quantitative estimate of drug-likeness (QED) is 0.856. The van der Waals surface area contributed by atoms with Crippen molar-refractivity contribution in [3.05, 3.63) is 23.9 Å². The first-order valence-corrected chi connectivity index (χ1v) is 6.48. The summed E-state index contributed by atoms with van der Waals surface area (Å²) in [5.41, 5.74) is -0.133. The van der Waals surface area contributed by atoms with Crippen LogP contribution in [0.15, 0.2) is 18.2 Å². The maximum Gasteiger partial charge on any atom is 0.142 e. The third-order valence-corrected chi connectivity index (χ3v) is 4.25. The van der Waals surface area contributed by atoms with E-state index in [4.69, 9.17) is 5.26 Å². The van der Waals surface area contributed by atoms with E-state index in [0.29, 0.717) is 18.2 Å². The molecular formula is C14H17N3O. The zero-order valence-electron chi connectivity index (χ0n) is 10.5. The van der Waals surface area contributed by atoms with Crippen LogP contribution >= 0.6 is 0 Å². The van der Waals surface area contributed by atoms with Gasteiger partial charge in [0.25, 0.3) is 0 Å². The van der Waals surface area contributed by atoms with Crippen LogP contribution in [0, 0.1) is 23.2 Å². The van der Waals surface area contributed by atoms with Crippen LogP contribution in [0.2, 0.25) is 0 Å². The lowest BCUT2D eigenvalue weighted by atomic mass is 9.88. The molecule has 0 unspecified atom stereocenters. The zero-order valence-corrected chi connectivity index (χ0v) is 10.5. The molecule has 0 aromatic carbocycles. The highest BCUT2D eigenvalue weighted by atomic mass is 16.3. The van der Waals surface area contributed by atoms with Gasteiger partial charge in [-0.3, -0.25) is 0 Å². The van der Waals surface area contributed by atoms with Gasteiger partial charge in [0.15, 0.2) is 0 Å². The molecule has 1 aromatic heterocycles. The van der Waals surface area contributed by atoms with E-state index in [-0.39, 0.29) is 5.92 Å². The zero-order chi connectivity index (χ0) is 12.8. The number of anilines is 1. The Morgan fingerprint density at radius 2 is 2.28 bits per heavy atom. The van der Waals surface area contributed by atoms with Gasteiger partial charge in [-0.2, -0.15) is 5.26 Å². The summed E-state index contributed by atoms with van der Waals surface area (Å²) < 4.78 is 0. The van der Waals surface area contributed by atoms with Crippen molar-refractivity contribution < 1.29 is 5.11 Å². The highest BCUT2D eigenvalue weighted by Crippen LogP contribution is 2.47. The molecule has 4 nitrogen and oxygen atoms in total. The van der Waals surface area contributed by atoms with Gasteiger partial charge >= 0.3 is 0 Å². The Hall–Kier alpha value is -1.60. The van der Waals surface area contributed by atoms with E-state index in [9.17, 15) is 5.11 Å². The first-order valence-electron chi connectivity index (χ1n) is 6.48. The number of nitrogens with zero attached hydrogens (tertiary/aromatic N) is 3. The molecule has 0 spiro atoms. The molecule has 94 valence electrons. The minimum Gasteiger partial charge on any atom is -0.387 e. The summed E-state index contributed by atoms with van der Waals surface area (Å²) in [4.78, 5) is 6.41. The van der Waals surface area contributed by atoms with Gasteiger partial charge < -0.3 is 10.0 Å². The van der Waals surface area contributed by atoms with E-state index < -0.39 is 5.60 Å². The summed E-state index contributed by atoms with van der Waals surface area (Å²) in [5.74, 6) is 1.52. The van der Waals surface area contributed by atoms with Crippen LogP contribution < -0.4 is 4.90 Å². The Morgan fingerprint density at radius 3 is 2.94 bits per heavy atom. The second-order valence-corrected chi connectivity index (χ2v) is 5.54. The van der Waals surface area contributed by atoms with Gasteiger partial charge in [0, 0.05) is 19.0 Å². The number of pyridine rings is 1. The van der Waals surface area contributed by atoms with E-state index in [1.807, 2.05) is 12.1 Å². The number of β-amino-alcohol motifs (C(OH)–C–C–N with tert-alkyl or cyclic N) is 1. The van der Waals surface area contributed by atoms with Crippen LogP contribution in [0.1, 0.15) is 25.5 Å². The standard InChI is InChI=1S/C14H17N3O/c1-10-8-17(9-14(10,18)11-5-6-11)13-4-2-3-12(7-15)16-13/h2-4,10-11,18H,5-6,8-9H2,1H3/t10-,14+/m0/s1. The van der Waals surface area contributed by atoms with Gasteiger partial charge in [0.1, 0.15) is 17.6 Å². The molecule has 2 heterocycles. The second-order valence-electron chi connectivity index (χ2n) is 5.54. The predicted octanol–water partition coefficient (Wildman–Crippen LogP) is 1.55. The molecule has 3 rings (SSSR count). The summed E-state index contributed by atoms with van der Waals surface area (Å²) in [7, 11) is 0. The molecule has 1 aromatic rings. The normalized spacial score (nSPS) is 31.4. The fraction of sp³-hybridized carbons (Fsp3) is 0.571. The van der Waals surface area contributed by atoms with Crippen molar-refractivity contribution in [2.24, 2.45) is 11.8 Å². The summed E-state index contributed by atoms with van der Waals surface area (Å²) in [6.07, 6.45) is 2.28. The lowest BCUT2D eigenvalue weighted by molar-refractivity contribution is 0.00281. The first kappa shape index (κ1) is 11.5. The maximum atomic E-state index is 10.7. The molecule has 2 atom stereocenters. The summed E-state index contributed by atoms with van der Waals surface area (Å²) >= 11 is 0. The summed E-state index contributed by atoms with van der Waals surface area (Å²) in [6, 6.07) is 7.52. The number of aliphatic hydroxyl groups is 1. The average molecular weight is 243 g/mol. The van der Waals surface area contributed by atoms with E-state index in [1.165, 1.54) is 0 Å². The lowest BCUT2D eigenvalue weighted by Crippen LogP contribution is -2.39. The van der Waals surface area contributed by atoms with E-state index in [2.05, 4.69) is 22.9 Å². The van der Waals surface area contributed by atoms with Crippen LogP contribution in [-0.2, 0) is 0 Å². The van der Waals surface area contributed by atoms with Crippen LogP contribution in [0.25, 0.3) is 0 Å². The minimum absolute atomic E-state index is 0.262. The fourth-order valence-corrected chi connectivity index (χ4v) is 2.97. The molecular weight excluding hydrogens is 226 g/mol. The van der Waals surface area contributed by atoms with Crippen molar-refractivity contribution in [3.8, 4) is 6.07 Å². The Kier molecular flexibility index (Phi) is 2.53. The van der Waals surface area contributed by atoms with Gasteiger partial charge in [0.05, 0.1) is 5.60 Å². The maximum absolute atomic E-state index is 10.7. The van der Waals surface area contributed by atoms with Crippen LogP contribution in [-0.4, -0.2) is 28.8 Å². The molecule has 1 aliphatic carbocycles. The van der Waals surface area contributed by atoms with E-state index in [0.717, 1.165) is 25.2 Å². The van der Waals surface area contributed by atoms with Crippen molar-refractivity contribution in [2.45, 2.75) is 25.4 Å². The Bertz CT molecular complexity index is 506. The number of aromatic nitrogens is 1. The molecule has 0 radical (unpaired) electrons. The number of nitriles is 1. The molecule has 0 amide bonds. The number of hydrogen-bond donors (Lipinski definition) is 1. The van der Waals surface area contributed by atoms with E-state index >= 15 is 0 Å². The highest BCUT2D eigenvalue weighted by Gasteiger charge is 2.52. The van der Waals surface area contributed by atoms with Gasteiger partial charge in [-0.1, -0.05) is 13.0 Å². The predicted molar refractivity (Wildman–Crippen MR) is 68.0 cm³/mol. The van der Waals surface area contributed by atoms with Crippen molar-refractivity contribution in [3.63, 3.8) is 0 Å². The van der Waals surface area contributed by atoms with Crippen molar-refractivity contribution >= 4 is 5.82 Å². The third-order valence-electron chi connectivity index (χ3n) is 4.25. The average Bonchev–Trinajstić information content (AvgIpc) is 3.18. The van der Waals surface area contributed by atoms with Crippen molar-refractivity contribution in [1.29, 1.82) is 5.26 Å². The Morgan fingerprint density at radius 1 is 1.50 bits per heavy atom. The number of hydrogen-bond acceptors (Lipinski definition) is 4. The molecule has 1 aliphatic heterocycles. The molecule has 1 saturated heterocycles.